The lowest BCUT2D eigenvalue weighted by molar-refractivity contribution is -0.155. The summed E-state index contributed by atoms with van der Waals surface area (Å²) in [5, 5.41) is 0. The molecule has 0 aromatic carbocycles. The zero-order valence-electron chi connectivity index (χ0n) is 11.0. The fourth-order valence-electron chi connectivity index (χ4n) is 1.42. The van der Waals surface area contributed by atoms with Gasteiger partial charge in [-0.15, -0.1) is 0 Å². The Morgan fingerprint density at radius 2 is 1.11 bits per heavy atom. The second-order valence-corrected chi connectivity index (χ2v) is 8.17. The first-order valence-electron chi connectivity index (χ1n) is 5.20. The normalized spacial score (nSPS) is 12.8. The van der Waals surface area contributed by atoms with E-state index >= 15 is 0 Å². The van der Waals surface area contributed by atoms with Crippen LogP contribution in [0.15, 0.2) is 0 Å². The second-order valence-electron chi connectivity index (χ2n) is 3.60. The molecule has 0 atom stereocenters. The van der Waals surface area contributed by atoms with E-state index in [9.17, 15) is 26.4 Å². The predicted octanol–water partition coefficient (Wildman–Crippen LogP) is -1.10. The molecule has 0 aromatic rings. The average Bonchev–Trinajstić information content (AvgIpc) is 2.13. The third-order valence-electron chi connectivity index (χ3n) is 2.13. The first kappa shape index (κ1) is 17.8. The molecule has 0 aliphatic rings. The van der Waals surface area contributed by atoms with Crippen LogP contribution in [0.2, 0.25) is 0 Å². The first-order valence-corrected chi connectivity index (χ1v) is 8.98. The van der Waals surface area contributed by atoms with E-state index in [-0.39, 0.29) is 13.2 Å². The Hall–Kier alpha value is -1.16. The number of esters is 2. The van der Waals surface area contributed by atoms with Crippen molar-refractivity contribution in [2.45, 2.75) is 17.9 Å². The summed E-state index contributed by atoms with van der Waals surface area (Å²) in [6.07, 6.45) is 0.920. The number of ether oxygens (including phenoxy) is 2. The van der Waals surface area contributed by atoms with Gasteiger partial charge in [0.05, 0.1) is 13.2 Å². The van der Waals surface area contributed by atoms with Gasteiger partial charge >= 0.3 is 16.0 Å². The van der Waals surface area contributed by atoms with Crippen LogP contribution in [0, 0.1) is 0 Å². The maximum Gasteiger partial charge on any atom is 0.362 e. The van der Waals surface area contributed by atoms with E-state index in [1.165, 1.54) is 13.8 Å². The summed E-state index contributed by atoms with van der Waals surface area (Å²) in [6.45, 7) is 2.12. The zero-order chi connectivity index (χ0) is 15.5. The molecular formula is C9H16O8S2. The second kappa shape index (κ2) is 5.87. The highest BCUT2D eigenvalue weighted by Gasteiger charge is 2.66. The zero-order valence-corrected chi connectivity index (χ0v) is 12.6. The summed E-state index contributed by atoms with van der Waals surface area (Å²) >= 11 is 0. The molecule has 0 aliphatic carbocycles. The lowest BCUT2D eigenvalue weighted by Gasteiger charge is -2.25. The maximum absolute atomic E-state index is 11.8. The number of carbonyl (C=O) groups excluding carboxylic acids is 2. The van der Waals surface area contributed by atoms with E-state index < -0.39 is 35.7 Å². The van der Waals surface area contributed by atoms with Crippen molar-refractivity contribution in [3.63, 3.8) is 0 Å². The van der Waals surface area contributed by atoms with Gasteiger partial charge in [-0.3, -0.25) is 0 Å². The van der Waals surface area contributed by atoms with Gasteiger partial charge in [0, 0.05) is 12.5 Å². The van der Waals surface area contributed by atoms with Crippen molar-refractivity contribution in [1.82, 2.24) is 0 Å². The molecule has 0 saturated carbocycles. The summed E-state index contributed by atoms with van der Waals surface area (Å²) in [4.78, 5) is 23.6. The molecule has 0 bridgehead atoms. The van der Waals surface area contributed by atoms with Gasteiger partial charge in [0.15, 0.2) is 19.7 Å². The van der Waals surface area contributed by atoms with Crippen molar-refractivity contribution in [2.75, 3.05) is 25.7 Å². The smallest absolute Gasteiger partial charge is 0.362 e. The summed E-state index contributed by atoms with van der Waals surface area (Å²) in [5.74, 6) is -3.36. The van der Waals surface area contributed by atoms with Crippen LogP contribution in [-0.4, -0.2) is 58.6 Å². The van der Waals surface area contributed by atoms with Crippen LogP contribution in [0.25, 0.3) is 0 Å². The van der Waals surface area contributed by atoms with Gasteiger partial charge in [0.2, 0.25) is 0 Å². The minimum Gasteiger partial charge on any atom is -0.464 e. The fourth-order valence-corrected chi connectivity index (χ4v) is 5.06. The van der Waals surface area contributed by atoms with E-state index in [0.717, 1.165) is 0 Å². The van der Waals surface area contributed by atoms with Crippen LogP contribution in [0.1, 0.15) is 13.8 Å². The summed E-state index contributed by atoms with van der Waals surface area (Å²) in [7, 11) is -9.33. The highest BCUT2D eigenvalue weighted by Crippen LogP contribution is 2.27. The third kappa shape index (κ3) is 3.06. The Morgan fingerprint density at radius 1 is 0.842 bits per heavy atom. The Balaban J connectivity index is 6.40. The van der Waals surface area contributed by atoms with Crippen molar-refractivity contribution >= 4 is 31.6 Å². The molecule has 10 heteroatoms. The van der Waals surface area contributed by atoms with Crippen molar-refractivity contribution in [3.05, 3.63) is 0 Å². The molecule has 0 saturated heterocycles. The molecule has 0 radical (unpaired) electrons. The minimum atomic E-state index is -4.66. The molecule has 112 valence electrons. The predicted molar refractivity (Wildman–Crippen MR) is 65.7 cm³/mol. The van der Waals surface area contributed by atoms with Crippen LogP contribution in [0.3, 0.4) is 0 Å². The topological polar surface area (TPSA) is 121 Å². The molecule has 0 rings (SSSR count). The molecule has 0 fully saturated rings. The van der Waals surface area contributed by atoms with Crippen molar-refractivity contribution in [3.8, 4) is 0 Å². The van der Waals surface area contributed by atoms with E-state index in [1.54, 1.807) is 0 Å². The maximum atomic E-state index is 11.8. The van der Waals surface area contributed by atoms with Crippen LogP contribution in [-0.2, 0) is 38.7 Å². The van der Waals surface area contributed by atoms with Gasteiger partial charge < -0.3 is 9.47 Å². The largest absolute Gasteiger partial charge is 0.464 e. The summed E-state index contributed by atoms with van der Waals surface area (Å²) < 4.78 is 52.5. The quantitative estimate of drug-likeness (QED) is 0.447. The lowest BCUT2D eigenvalue weighted by Crippen LogP contribution is -2.59. The highest BCUT2D eigenvalue weighted by molar-refractivity contribution is 8.12. The van der Waals surface area contributed by atoms with Crippen LogP contribution in [0.5, 0.6) is 0 Å². The van der Waals surface area contributed by atoms with Crippen LogP contribution < -0.4 is 0 Å². The van der Waals surface area contributed by atoms with E-state index in [0.29, 0.717) is 12.5 Å². The molecule has 8 nitrogen and oxygen atoms in total. The number of hydrogen-bond acceptors (Lipinski definition) is 8. The minimum absolute atomic E-state index is 0.287. The Labute approximate surface area is 111 Å². The SMILES string of the molecule is CCOC(=O)C(C(=O)OCC)(S(C)(=O)=O)S(C)(=O)=O. The molecule has 0 N–H and O–H groups in total. The molecule has 0 amide bonds. The molecule has 0 spiro atoms. The van der Waals surface area contributed by atoms with E-state index in [4.69, 9.17) is 0 Å². The van der Waals surface area contributed by atoms with Crippen LogP contribution >= 0.6 is 0 Å². The highest BCUT2D eigenvalue weighted by atomic mass is 32.3. The first-order chi connectivity index (χ1) is 8.46. The molecule has 0 unspecified atom stereocenters. The average molecular weight is 316 g/mol. The van der Waals surface area contributed by atoms with E-state index in [2.05, 4.69) is 9.47 Å². The summed E-state index contributed by atoms with van der Waals surface area (Å²) in [5.41, 5.74) is 0. The standard InChI is InChI=1S/C9H16O8S2/c1-5-16-7(10)9(18(3,12)13,19(4,14)15)8(11)17-6-2/h5-6H2,1-4H3. The van der Waals surface area contributed by atoms with Gasteiger partial charge in [-0.05, 0) is 13.8 Å². The molecule has 0 aliphatic heterocycles. The van der Waals surface area contributed by atoms with Crippen molar-refractivity contribution in [2.24, 2.45) is 0 Å². The van der Waals surface area contributed by atoms with Gasteiger partial charge in [-0.25, -0.2) is 26.4 Å². The number of sulfone groups is 2. The molecule has 0 heterocycles. The van der Waals surface area contributed by atoms with Gasteiger partial charge in [-0.2, -0.15) is 0 Å². The van der Waals surface area contributed by atoms with Gasteiger partial charge in [0.1, 0.15) is 0 Å². The molecule has 19 heavy (non-hydrogen) atoms. The monoisotopic (exact) mass is 316 g/mol. The third-order valence-corrected chi connectivity index (χ3v) is 6.70. The number of rotatable bonds is 6. The Bertz CT molecular complexity index is 505. The molecule has 0 aromatic heterocycles. The van der Waals surface area contributed by atoms with E-state index in [1.807, 2.05) is 0 Å². The van der Waals surface area contributed by atoms with Gasteiger partial charge in [-0.1, -0.05) is 0 Å². The number of hydrogen-bond donors (Lipinski definition) is 0. The van der Waals surface area contributed by atoms with Crippen molar-refractivity contribution < 1.29 is 35.9 Å². The van der Waals surface area contributed by atoms with Crippen molar-refractivity contribution in [1.29, 1.82) is 0 Å². The Morgan fingerprint density at radius 3 is 1.26 bits per heavy atom. The molecular weight excluding hydrogens is 300 g/mol. The number of carbonyl (C=O) groups is 2. The fraction of sp³-hybridized carbons (Fsp3) is 0.778. The van der Waals surface area contributed by atoms with Gasteiger partial charge in [0.25, 0.3) is 0 Å². The summed E-state index contributed by atoms with van der Waals surface area (Å²) in [6, 6.07) is 0. The Kier molecular flexibility index (Phi) is 5.51. The van der Waals surface area contributed by atoms with Crippen LogP contribution in [0.4, 0.5) is 0 Å². The lowest BCUT2D eigenvalue weighted by atomic mass is 10.4.